The van der Waals surface area contributed by atoms with Crippen molar-refractivity contribution in [2.75, 3.05) is 13.1 Å². The van der Waals surface area contributed by atoms with Crippen LogP contribution in [0.1, 0.15) is 30.3 Å². The van der Waals surface area contributed by atoms with Crippen LogP contribution >= 0.6 is 11.7 Å². The van der Waals surface area contributed by atoms with Gasteiger partial charge in [0.25, 0.3) is 5.91 Å². The number of aromatic nitrogens is 2. The number of rotatable bonds is 1. The molecule has 0 aliphatic carbocycles. The van der Waals surface area contributed by atoms with Gasteiger partial charge in [0.1, 0.15) is 0 Å². The van der Waals surface area contributed by atoms with Crippen molar-refractivity contribution in [3.8, 4) is 0 Å². The Kier molecular flexibility index (Phi) is 2.70. The molecule has 1 atom stereocenters. The second kappa shape index (κ2) is 3.86. The summed E-state index contributed by atoms with van der Waals surface area (Å²) in [6.07, 6.45) is 3.04. The molecule has 82 valence electrons. The van der Waals surface area contributed by atoms with Crippen LogP contribution in [0.2, 0.25) is 0 Å². The standard InChI is InChI=1S/C9H13N3O2S/c1-9(14)3-2-4-12(6-9)8(13)7-5-10-15-11-7/h5,14H,2-4,6H2,1H3. The van der Waals surface area contributed by atoms with Gasteiger partial charge in [-0.25, -0.2) is 0 Å². The van der Waals surface area contributed by atoms with Crippen LogP contribution in [0.5, 0.6) is 0 Å². The SMILES string of the molecule is CC1(O)CCCN(C(=O)c2cnsn2)C1. The lowest BCUT2D eigenvalue weighted by atomic mass is 9.95. The van der Waals surface area contributed by atoms with Crippen LogP contribution in [-0.4, -0.2) is 43.4 Å². The van der Waals surface area contributed by atoms with Gasteiger partial charge in [0, 0.05) is 13.1 Å². The van der Waals surface area contributed by atoms with Gasteiger partial charge in [0.2, 0.25) is 0 Å². The first kappa shape index (κ1) is 10.5. The highest BCUT2D eigenvalue weighted by molar-refractivity contribution is 6.99. The van der Waals surface area contributed by atoms with Gasteiger partial charge in [-0.3, -0.25) is 4.79 Å². The minimum absolute atomic E-state index is 0.135. The molecule has 0 saturated carbocycles. The van der Waals surface area contributed by atoms with Crippen molar-refractivity contribution in [1.82, 2.24) is 13.6 Å². The molecule has 1 unspecified atom stereocenters. The third-order valence-corrected chi connectivity index (χ3v) is 3.02. The van der Waals surface area contributed by atoms with Crippen molar-refractivity contribution in [1.29, 1.82) is 0 Å². The first-order valence-electron chi connectivity index (χ1n) is 4.88. The Hall–Kier alpha value is -1.01. The summed E-state index contributed by atoms with van der Waals surface area (Å²) in [6.45, 7) is 2.82. The fourth-order valence-electron chi connectivity index (χ4n) is 1.81. The normalized spacial score (nSPS) is 26.7. The summed E-state index contributed by atoms with van der Waals surface area (Å²) in [6, 6.07) is 0. The van der Waals surface area contributed by atoms with E-state index in [-0.39, 0.29) is 5.91 Å². The summed E-state index contributed by atoms with van der Waals surface area (Å²) in [7, 11) is 0. The molecule has 0 bridgehead atoms. The van der Waals surface area contributed by atoms with Crippen LogP contribution in [0.15, 0.2) is 6.20 Å². The number of carbonyl (C=O) groups excluding carboxylic acids is 1. The van der Waals surface area contributed by atoms with Crippen LogP contribution < -0.4 is 0 Å². The van der Waals surface area contributed by atoms with Gasteiger partial charge in [-0.2, -0.15) is 8.75 Å². The zero-order chi connectivity index (χ0) is 10.9. The average molecular weight is 227 g/mol. The fourth-order valence-corrected chi connectivity index (χ4v) is 2.22. The van der Waals surface area contributed by atoms with E-state index in [2.05, 4.69) is 8.75 Å². The number of piperidine rings is 1. The molecule has 0 radical (unpaired) electrons. The number of β-amino-alcohol motifs (C(OH)–C–C–N with tert-alkyl or cyclic N) is 1. The van der Waals surface area contributed by atoms with Crippen LogP contribution in [0.4, 0.5) is 0 Å². The van der Waals surface area contributed by atoms with Crippen molar-refractivity contribution in [3.05, 3.63) is 11.9 Å². The maximum Gasteiger partial charge on any atom is 0.275 e. The Balaban J connectivity index is 2.08. The molecule has 2 rings (SSSR count). The van der Waals surface area contributed by atoms with Gasteiger partial charge in [-0.15, -0.1) is 0 Å². The van der Waals surface area contributed by atoms with E-state index in [9.17, 15) is 9.90 Å². The van der Waals surface area contributed by atoms with Gasteiger partial charge in [-0.05, 0) is 19.8 Å². The quantitative estimate of drug-likeness (QED) is 0.759. The number of hydrogen-bond donors (Lipinski definition) is 1. The number of nitrogens with zero attached hydrogens (tertiary/aromatic N) is 3. The molecule has 1 fully saturated rings. The van der Waals surface area contributed by atoms with E-state index in [1.165, 1.54) is 6.20 Å². The maximum absolute atomic E-state index is 11.9. The van der Waals surface area contributed by atoms with Gasteiger partial charge < -0.3 is 10.0 Å². The molecule has 5 nitrogen and oxygen atoms in total. The lowest BCUT2D eigenvalue weighted by molar-refractivity contribution is -0.0109. The van der Waals surface area contributed by atoms with Gasteiger partial charge >= 0.3 is 0 Å². The van der Waals surface area contributed by atoms with Gasteiger partial charge in [0.05, 0.1) is 23.5 Å². The van der Waals surface area contributed by atoms with E-state index >= 15 is 0 Å². The molecule has 1 aromatic heterocycles. The average Bonchev–Trinajstić information content (AvgIpc) is 2.67. The van der Waals surface area contributed by atoms with E-state index in [0.29, 0.717) is 18.8 Å². The van der Waals surface area contributed by atoms with Crippen LogP contribution in [0.3, 0.4) is 0 Å². The number of carbonyl (C=O) groups is 1. The smallest absolute Gasteiger partial charge is 0.275 e. The zero-order valence-corrected chi connectivity index (χ0v) is 9.33. The molecule has 1 aliphatic rings. The molecule has 2 heterocycles. The highest BCUT2D eigenvalue weighted by Crippen LogP contribution is 2.21. The van der Waals surface area contributed by atoms with E-state index in [1.54, 1.807) is 11.8 Å². The third kappa shape index (κ3) is 2.32. The molecule has 1 aromatic rings. The second-order valence-corrected chi connectivity index (χ2v) is 4.68. The predicted octanol–water partition coefficient (Wildman–Crippen LogP) is 0.525. The number of amides is 1. The lowest BCUT2D eigenvalue weighted by Gasteiger charge is -2.36. The molecule has 1 N–H and O–H groups in total. The van der Waals surface area contributed by atoms with Crippen molar-refractivity contribution >= 4 is 17.6 Å². The molecule has 1 saturated heterocycles. The van der Waals surface area contributed by atoms with Crippen molar-refractivity contribution in [2.24, 2.45) is 0 Å². The second-order valence-electron chi connectivity index (χ2n) is 4.12. The summed E-state index contributed by atoms with van der Waals surface area (Å²) in [4.78, 5) is 13.5. The van der Waals surface area contributed by atoms with Crippen LogP contribution in [0, 0.1) is 0 Å². The van der Waals surface area contributed by atoms with Crippen molar-refractivity contribution in [2.45, 2.75) is 25.4 Å². The minimum Gasteiger partial charge on any atom is -0.388 e. The summed E-state index contributed by atoms with van der Waals surface area (Å²) in [5.74, 6) is -0.135. The van der Waals surface area contributed by atoms with Gasteiger partial charge in [-0.1, -0.05) is 0 Å². The molecule has 0 aromatic carbocycles. The van der Waals surface area contributed by atoms with Crippen LogP contribution in [0.25, 0.3) is 0 Å². The molecule has 1 aliphatic heterocycles. The Labute approximate surface area is 92.1 Å². The number of hydrogen-bond acceptors (Lipinski definition) is 5. The highest BCUT2D eigenvalue weighted by Gasteiger charge is 2.31. The highest BCUT2D eigenvalue weighted by atomic mass is 32.1. The first-order valence-corrected chi connectivity index (χ1v) is 5.61. The monoisotopic (exact) mass is 227 g/mol. The molecular formula is C9H13N3O2S. The fraction of sp³-hybridized carbons (Fsp3) is 0.667. The summed E-state index contributed by atoms with van der Waals surface area (Å²) < 4.78 is 7.69. The molecule has 0 spiro atoms. The number of likely N-dealkylation sites (tertiary alicyclic amines) is 1. The van der Waals surface area contributed by atoms with Gasteiger partial charge in [0.15, 0.2) is 5.69 Å². The predicted molar refractivity (Wildman–Crippen MR) is 55.7 cm³/mol. The maximum atomic E-state index is 11.9. The van der Waals surface area contributed by atoms with Crippen molar-refractivity contribution in [3.63, 3.8) is 0 Å². The molecule has 6 heteroatoms. The first-order chi connectivity index (χ1) is 7.08. The zero-order valence-electron chi connectivity index (χ0n) is 8.51. The van der Waals surface area contributed by atoms with E-state index < -0.39 is 5.60 Å². The lowest BCUT2D eigenvalue weighted by Crippen LogP contribution is -2.48. The topological polar surface area (TPSA) is 66.3 Å². The Morgan fingerprint density at radius 3 is 3.13 bits per heavy atom. The summed E-state index contributed by atoms with van der Waals surface area (Å²) in [5, 5.41) is 9.86. The minimum atomic E-state index is -0.767. The van der Waals surface area contributed by atoms with E-state index in [4.69, 9.17) is 0 Å². The van der Waals surface area contributed by atoms with Crippen LogP contribution in [-0.2, 0) is 0 Å². The summed E-state index contributed by atoms with van der Waals surface area (Å²) in [5.41, 5.74) is -0.394. The Morgan fingerprint density at radius 1 is 1.73 bits per heavy atom. The number of aliphatic hydroxyl groups is 1. The largest absolute Gasteiger partial charge is 0.388 e. The third-order valence-electron chi connectivity index (χ3n) is 2.54. The molecule has 1 amide bonds. The van der Waals surface area contributed by atoms with E-state index in [1.807, 2.05) is 0 Å². The Bertz CT molecular complexity index is 350. The van der Waals surface area contributed by atoms with Crippen molar-refractivity contribution < 1.29 is 9.90 Å². The summed E-state index contributed by atoms with van der Waals surface area (Å²) >= 11 is 1.02. The molecular weight excluding hydrogens is 214 g/mol. The van der Waals surface area contributed by atoms with E-state index in [0.717, 1.165) is 24.6 Å². The Morgan fingerprint density at radius 2 is 2.53 bits per heavy atom. The molecule has 15 heavy (non-hydrogen) atoms.